The number of hydrogen-bond acceptors (Lipinski definition) is 4. The van der Waals surface area contributed by atoms with E-state index < -0.39 is 5.41 Å². The number of benzene rings is 1. The van der Waals surface area contributed by atoms with Gasteiger partial charge in [-0.15, -0.1) is 0 Å². The van der Waals surface area contributed by atoms with Gasteiger partial charge in [0.2, 0.25) is 0 Å². The predicted octanol–water partition coefficient (Wildman–Crippen LogP) is 1.98. The largest absolute Gasteiger partial charge is 0.394 e. The molecule has 2 unspecified atom stereocenters. The molecule has 4 nitrogen and oxygen atoms in total. The fourth-order valence-corrected chi connectivity index (χ4v) is 2.77. The minimum Gasteiger partial charge on any atom is -0.394 e. The SMILES string of the molecule is CC1COC(CO)CN1CC(C)(C)C(=O)c1ccccc1. The molecule has 1 aromatic carbocycles. The summed E-state index contributed by atoms with van der Waals surface area (Å²) in [4.78, 5) is 14.9. The van der Waals surface area contributed by atoms with Crippen LogP contribution < -0.4 is 0 Å². The first-order valence-electron chi connectivity index (χ1n) is 7.50. The van der Waals surface area contributed by atoms with Gasteiger partial charge in [0.05, 0.1) is 19.3 Å². The summed E-state index contributed by atoms with van der Waals surface area (Å²) in [6.45, 7) is 8.02. The standard InChI is InChI=1S/C17H25NO3/c1-13-11-21-15(10-19)9-18(13)12-17(2,3)16(20)14-7-5-4-6-8-14/h4-8,13,15,19H,9-12H2,1-3H3. The lowest BCUT2D eigenvalue weighted by atomic mass is 9.83. The molecule has 1 saturated heterocycles. The van der Waals surface area contributed by atoms with Gasteiger partial charge < -0.3 is 9.84 Å². The van der Waals surface area contributed by atoms with Gasteiger partial charge in [-0.05, 0) is 6.92 Å². The van der Waals surface area contributed by atoms with Crippen LogP contribution in [0.1, 0.15) is 31.1 Å². The van der Waals surface area contributed by atoms with Crippen molar-refractivity contribution in [1.29, 1.82) is 0 Å². The van der Waals surface area contributed by atoms with E-state index in [0.717, 1.165) is 5.56 Å². The van der Waals surface area contributed by atoms with E-state index in [1.54, 1.807) is 0 Å². The van der Waals surface area contributed by atoms with E-state index in [2.05, 4.69) is 11.8 Å². The lowest BCUT2D eigenvalue weighted by molar-refractivity contribution is -0.0839. The van der Waals surface area contributed by atoms with Crippen molar-refractivity contribution in [3.05, 3.63) is 35.9 Å². The van der Waals surface area contributed by atoms with Crippen molar-refractivity contribution in [3.8, 4) is 0 Å². The Morgan fingerprint density at radius 2 is 2.05 bits per heavy atom. The molecule has 0 amide bonds. The summed E-state index contributed by atoms with van der Waals surface area (Å²) in [5, 5.41) is 9.26. The highest BCUT2D eigenvalue weighted by Crippen LogP contribution is 2.26. The van der Waals surface area contributed by atoms with E-state index in [4.69, 9.17) is 4.74 Å². The maximum atomic E-state index is 12.7. The summed E-state index contributed by atoms with van der Waals surface area (Å²) in [6, 6.07) is 9.69. The van der Waals surface area contributed by atoms with Crippen LogP contribution in [0.5, 0.6) is 0 Å². The number of aliphatic hydroxyl groups excluding tert-OH is 1. The molecule has 0 spiro atoms. The smallest absolute Gasteiger partial charge is 0.169 e. The molecule has 1 aromatic rings. The minimum atomic E-state index is -0.465. The van der Waals surface area contributed by atoms with E-state index in [0.29, 0.717) is 19.7 Å². The van der Waals surface area contributed by atoms with Crippen LogP contribution in [-0.2, 0) is 4.74 Å². The Kier molecular flexibility index (Phi) is 5.14. The van der Waals surface area contributed by atoms with Crippen molar-refractivity contribution < 1.29 is 14.6 Å². The zero-order valence-corrected chi connectivity index (χ0v) is 13.1. The molecule has 0 radical (unpaired) electrons. The summed E-state index contributed by atoms with van der Waals surface area (Å²) >= 11 is 0. The van der Waals surface area contributed by atoms with Crippen LogP contribution in [0.3, 0.4) is 0 Å². The van der Waals surface area contributed by atoms with Crippen LogP contribution in [0.25, 0.3) is 0 Å². The lowest BCUT2D eigenvalue weighted by Crippen LogP contribution is -2.53. The Hall–Kier alpha value is -1.23. The van der Waals surface area contributed by atoms with Crippen molar-refractivity contribution in [2.24, 2.45) is 5.41 Å². The van der Waals surface area contributed by atoms with Gasteiger partial charge >= 0.3 is 0 Å². The third-order valence-corrected chi connectivity index (χ3v) is 4.09. The zero-order valence-electron chi connectivity index (χ0n) is 13.1. The fourth-order valence-electron chi connectivity index (χ4n) is 2.77. The zero-order chi connectivity index (χ0) is 15.5. The number of morpholine rings is 1. The first kappa shape index (κ1) is 16.1. The molecule has 0 bridgehead atoms. The first-order valence-corrected chi connectivity index (χ1v) is 7.50. The van der Waals surface area contributed by atoms with Gasteiger partial charge in [-0.25, -0.2) is 0 Å². The van der Waals surface area contributed by atoms with E-state index in [1.165, 1.54) is 0 Å². The average Bonchev–Trinajstić information content (AvgIpc) is 2.49. The molecule has 1 N–H and O–H groups in total. The highest BCUT2D eigenvalue weighted by Gasteiger charge is 2.35. The quantitative estimate of drug-likeness (QED) is 0.843. The summed E-state index contributed by atoms with van der Waals surface area (Å²) in [5.41, 5.74) is 0.287. The highest BCUT2D eigenvalue weighted by atomic mass is 16.5. The third kappa shape index (κ3) is 3.90. The Labute approximate surface area is 126 Å². The molecule has 1 aliphatic heterocycles. The number of aliphatic hydroxyl groups is 1. The monoisotopic (exact) mass is 291 g/mol. The van der Waals surface area contributed by atoms with Crippen molar-refractivity contribution in [2.75, 3.05) is 26.3 Å². The molecule has 4 heteroatoms. The van der Waals surface area contributed by atoms with Gasteiger partial charge in [-0.3, -0.25) is 9.69 Å². The number of nitrogens with zero attached hydrogens (tertiary/aromatic N) is 1. The van der Waals surface area contributed by atoms with Crippen molar-refractivity contribution in [2.45, 2.75) is 32.9 Å². The summed E-state index contributed by atoms with van der Waals surface area (Å²) < 4.78 is 5.55. The predicted molar refractivity (Wildman–Crippen MR) is 82.4 cm³/mol. The Morgan fingerprint density at radius 1 is 1.38 bits per heavy atom. The Bertz CT molecular complexity index is 472. The van der Waals surface area contributed by atoms with Crippen molar-refractivity contribution in [3.63, 3.8) is 0 Å². The van der Waals surface area contributed by atoms with Crippen LogP contribution in [0.4, 0.5) is 0 Å². The van der Waals surface area contributed by atoms with Gasteiger partial charge in [-0.1, -0.05) is 44.2 Å². The number of carbonyl (C=O) groups excluding carboxylic acids is 1. The molecule has 0 aliphatic carbocycles. The molecule has 1 aliphatic rings. The van der Waals surface area contributed by atoms with E-state index in [-0.39, 0.29) is 24.5 Å². The van der Waals surface area contributed by atoms with E-state index >= 15 is 0 Å². The van der Waals surface area contributed by atoms with Crippen molar-refractivity contribution in [1.82, 2.24) is 4.90 Å². The molecule has 116 valence electrons. The molecule has 2 rings (SSSR count). The Balaban J connectivity index is 2.07. The lowest BCUT2D eigenvalue weighted by Gasteiger charge is -2.41. The number of ketones is 1. The third-order valence-electron chi connectivity index (χ3n) is 4.09. The van der Waals surface area contributed by atoms with Gasteiger partial charge in [-0.2, -0.15) is 0 Å². The normalized spacial score (nSPS) is 24.0. The fraction of sp³-hybridized carbons (Fsp3) is 0.588. The number of Topliss-reactive ketones (excluding diaryl/α,β-unsaturated/α-hetero) is 1. The summed E-state index contributed by atoms with van der Waals surface area (Å²) in [5.74, 6) is 0.155. The second kappa shape index (κ2) is 6.69. The van der Waals surface area contributed by atoms with Crippen LogP contribution in [-0.4, -0.2) is 54.2 Å². The number of rotatable bonds is 5. The molecule has 21 heavy (non-hydrogen) atoms. The number of hydrogen-bond donors (Lipinski definition) is 1. The van der Waals surface area contributed by atoms with Gasteiger partial charge in [0.15, 0.2) is 5.78 Å². The van der Waals surface area contributed by atoms with Crippen LogP contribution in [0.15, 0.2) is 30.3 Å². The van der Waals surface area contributed by atoms with Gasteiger partial charge in [0, 0.05) is 30.1 Å². The second-order valence-corrected chi connectivity index (χ2v) is 6.50. The molecular formula is C17H25NO3. The molecular weight excluding hydrogens is 266 g/mol. The minimum absolute atomic E-state index is 0.0241. The summed E-state index contributed by atoms with van der Waals surface area (Å²) in [6.07, 6.45) is -0.149. The van der Waals surface area contributed by atoms with E-state index in [1.807, 2.05) is 44.2 Å². The molecule has 2 atom stereocenters. The maximum absolute atomic E-state index is 12.7. The molecule has 0 saturated carbocycles. The van der Waals surface area contributed by atoms with Crippen LogP contribution >= 0.6 is 0 Å². The maximum Gasteiger partial charge on any atom is 0.169 e. The van der Waals surface area contributed by atoms with Gasteiger partial charge in [0.25, 0.3) is 0 Å². The molecule has 0 aromatic heterocycles. The average molecular weight is 291 g/mol. The highest BCUT2D eigenvalue weighted by molar-refractivity contribution is 6.00. The van der Waals surface area contributed by atoms with Crippen molar-refractivity contribution >= 4 is 5.78 Å². The number of ether oxygens (including phenoxy) is 1. The summed E-state index contributed by atoms with van der Waals surface area (Å²) in [7, 11) is 0. The number of carbonyl (C=O) groups is 1. The topological polar surface area (TPSA) is 49.8 Å². The molecule has 1 heterocycles. The van der Waals surface area contributed by atoms with Gasteiger partial charge in [0.1, 0.15) is 0 Å². The second-order valence-electron chi connectivity index (χ2n) is 6.50. The van der Waals surface area contributed by atoms with Crippen LogP contribution in [0, 0.1) is 5.41 Å². The molecule has 1 fully saturated rings. The van der Waals surface area contributed by atoms with E-state index in [9.17, 15) is 9.90 Å². The Morgan fingerprint density at radius 3 is 2.67 bits per heavy atom. The van der Waals surface area contributed by atoms with Crippen LogP contribution in [0.2, 0.25) is 0 Å². The first-order chi connectivity index (χ1) is 9.94.